The van der Waals surface area contributed by atoms with Crippen molar-refractivity contribution in [2.24, 2.45) is 5.92 Å². The molecule has 0 fully saturated rings. The van der Waals surface area contributed by atoms with Crippen LogP contribution in [0, 0.1) is 17.2 Å². The summed E-state index contributed by atoms with van der Waals surface area (Å²) in [5.41, 5.74) is 1.56. The highest BCUT2D eigenvalue weighted by Gasteiger charge is 2.30. The van der Waals surface area contributed by atoms with Crippen molar-refractivity contribution in [1.29, 1.82) is 5.26 Å². The summed E-state index contributed by atoms with van der Waals surface area (Å²) in [6, 6.07) is 7.78. The van der Waals surface area contributed by atoms with E-state index in [9.17, 15) is 4.79 Å². The third-order valence-corrected chi connectivity index (χ3v) is 4.11. The quantitative estimate of drug-likeness (QED) is 0.618. The van der Waals surface area contributed by atoms with E-state index < -0.39 is 0 Å². The molecule has 0 radical (unpaired) electrons. The van der Waals surface area contributed by atoms with Crippen LogP contribution >= 0.6 is 15.9 Å². The van der Waals surface area contributed by atoms with Crippen LogP contribution in [-0.4, -0.2) is 13.1 Å². The zero-order chi connectivity index (χ0) is 13.8. The van der Waals surface area contributed by atoms with Crippen LogP contribution < -0.4 is 0 Å². The van der Waals surface area contributed by atoms with Crippen LogP contribution in [0.3, 0.4) is 0 Å². The van der Waals surface area contributed by atoms with E-state index in [2.05, 4.69) is 28.1 Å². The average molecular weight is 320 g/mol. The molecule has 2 atom stereocenters. The Morgan fingerprint density at radius 3 is 3.00 bits per heavy atom. The van der Waals surface area contributed by atoms with Crippen LogP contribution in [0.1, 0.15) is 29.9 Å². The standard InChI is InChI=1S/C15H14BrNO2/c1-19-15(18)13-5-3-2-4-12(13)10-6-7-14(16)11(8-10)9-17/h2,4,6-8,12-13H,3,5H2,1H3. The molecule has 0 heterocycles. The Morgan fingerprint density at radius 2 is 2.32 bits per heavy atom. The molecule has 19 heavy (non-hydrogen) atoms. The van der Waals surface area contributed by atoms with Gasteiger partial charge in [-0.3, -0.25) is 4.79 Å². The van der Waals surface area contributed by atoms with Gasteiger partial charge in [0.15, 0.2) is 0 Å². The van der Waals surface area contributed by atoms with E-state index >= 15 is 0 Å². The maximum Gasteiger partial charge on any atom is 0.309 e. The highest BCUT2D eigenvalue weighted by atomic mass is 79.9. The lowest BCUT2D eigenvalue weighted by atomic mass is 9.79. The lowest BCUT2D eigenvalue weighted by Crippen LogP contribution is -2.24. The van der Waals surface area contributed by atoms with E-state index in [1.54, 1.807) is 0 Å². The van der Waals surface area contributed by atoms with Gasteiger partial charge in [-0.25, -0.2) is 0 Å². The minimum Gasteiger partial charge on any atom is -0.469 e. The molecule has 4 heteroatoms. The fourth-order valence-corrected chi connectivity index (χ4v) is 2.76. The highest BCUT2D eigenvalue weighted by Crippen LogP contribution is 2.35. The molecule has 1 aliphatic carbocycles. The van der Waals surface area contributed by atoms with E-state index in [1.165, 1.54) is 7.11 Å². The van der Waals surface area contributed by atoms with Crippen molar-refractivity contribution in [2.45, 2.75) is 18.8 Å². The monoisotopic (exact) mass is 319 g/mol. The van der Waals surface area contributed by atoms with Gasteiger partial charge in [0, 0.05) is 10.4 Å². The molecular weight excluding hydrogens is 306 g/mol. The van der Waals surface area contributed by atoms with Crippen molar-refractivity contribution in [3.05, 3.63) is 46.0 Å². The zero-order valence-corrected chi connectivity index (χ0v) is 12.2. The Bertz CT molecular complexity index is 560. The van der Waals surface area contributed by atoms with Crippen molar-refractivity contribution in [2.75, 3.05) is 7.11 Å². The van der Waals surface area contributed by atoms with E-state index in [0.29, 0.717) is 5.56 Å². The van der Waals surface area contributed by atoms with Crippen LogP contribution in [-0.2, 0) is 9.53 Å². The van der Waals surface area contributed by atoms with Gasteiger partial charge in [-0.05, 0) is 46.5 Å². The van der Waals surface area contributed by atoms with Gasteiger partial charge in [0.1, 0.15) is 6.07 Å². The van der Waals surface area contributed by atoms with Gasteiger partial charge in [0.25, 0.3) is 0 Å². The van der Waals surface area contributed by atoms with Crippen molar-refractivity contribution in [3.8, 4) is 6.07 Å². The molecule has 2 rings (SSSR count). The predicted molar refractivity (Wildman–Crippen MR) is 75.5 cm³/mol. The lowest BCUT2D eigenvalue weighted by molar-refractivity contribution is -0.146. The molecule has 0 aliphatic heterocycles. The molecule has 0 N–H and O–H groups in total. The number of allylic oxidation sites excluding steroid dienone is 2. The van der Waals surface area contributed by atoms with Crippen LogP contribution in [0.15, 0.2) is 34.8 Å². The number of methoxy groups -OCH3 is 1. The molecule has 1 aromatic rings. The Morgan fingerprint density at radius 1 is 1.53 bits per heavy atom. The number of hydrogen-bond donors (Lipinski definition) is 0. The molecule has 0 spiro atoms. The SMILES string of the molecule is COC(=O)C1CCC=CC1c1ccc(Br)c(C#N)c1. The summed E-state index contributed by atoms with van der Waals surface area (Å²) in [4.78, 5) is 11.8. The number of nitriles is 1. The molecule has 98 valence electrons. The van der Waals surface area contributed by atoms with E-state index in [0.717, 1.165) is 22.9 Å². The largest absolute Gasteiger partial charge is 0.469 e. The van der Waals surface area contributed by atoms with Gasteiger partial charge in [-0.1, -0.05) is 18.2 Å². The minimum absolute atomic E-state index is 0.0126. The minimum atomic E-state index is -0.184. The number of benzene rings is 1. The Hall–Kier alpha value is -1.60. The first-order valence-corrected chi connectivity index (χ1v) is 6.90. The molecule has 3 nitrogen and oxygen atoms in total. The van der Waals surface area contributed by atoms with Crippen LogP contribution in [0.4, 0.5) is 0 Å². The summed E-state index contributed by atoms with van der Waals surface area (Å²) in [5, 5.41) is 9.07. The average Bonchev–Trinajstić information content (AvgIpc) is 2.47. The molecule has 0 saturated carbocycles. The summed E-state index contributed by atoms with van der Waals surface area (Å²) in [7, 11) is 1.42. The number of esters is 1. The van der Waals surface area contributed by atoms with Crippen molar-refractivity contribution < 1.29 is 9.53 Å². The molecule has 2 unspecified atom stereocenters. The van der Waals surface area contributed by atoms with Gasteiger partial charge in [-0.2, -0.15) is 5.26 Å². The van der Waals surface area contributed by atoms with Crippen LogP contribution in [0.5, 0.6) is 0 Å². The molecule has 0 bridgehead atoms. The Labute approximate surface area is 121 Å². The first kappa shape index (κ1) is 13.8. The van der Waals surface area contributed by atoms with Crippen molar-refractivity contribution in [1.82, 2.24) is 0 Å². The van der Waals surface area contributed by atoms with E-state index in [1.807, 2.05) is 24.3 Å². The topological polar surface area (TPSA) is 50.1 Å². The van der Waals surface area contributed by atoms with E-state index in [4.69, 9.17) is 10.00 Å². The molecule has 0 amide bonds. The maximum atomic E-state index is 11.8. The lowest BCUT2D eigenvalue weighted by Gasteiger charge is -2.26. The number of ether oxygens (including phenoxy) is 1. The normalized spacial score (nSPS) is 21.7. The second kappa shape index (κ2) is 6.03. The first-order chi connectivity index (χ1) is 9.17. The zero-order valence-electron chi connectivity index (χ0n) is 10.6. The van der Waals surface area contributed by atoms with Crippen LogP contribution in [0.2, 0.25) is 0 Å². The fraction of sp³-hybridized carbons (Fsp3) is 0.333. The summed E-state index contributed by atoms with van der Waals surface area (Å²) in [6.45, 7) is 0. The first-order valence-electron chi connectivity index (χ1n) is 6.11. The second-order valence-corrected chi connectivity index (χ2v) is 5.37. The second-order valence-electron chi connectivity index (χ2n) is 4.51. The van der Waals surface area contributed by atoms with E-state index in [-0.39, 0.29) is 17.8 Å². The Kier molecular flexibility index (Phi) is 4.39. The fourth-order valence-electron chi connectivity index (χ4n) is 2.43. The molecule has 0 saturated heterocycles. The third-order valence-electron chi connectivity index (χ3n) is 3.42. The summed E-state index contributed by atoms with van der Waals surface area (Å²) >= 11 is 3.34. The molecule has 1 aromatic carbocycles. The summed E-state index contributed by atoms with van der Waals surface area (Å²) in [6.07, 6.45) is 5.79. The van der Waals surface area contributed by atoms with Crippen molar-refractivity contribution >= 4 is 21.9 Å². The maximum absolute atomic E-state index is 11.8. The van der Waals surface area contributed by atoms with Gasteiger partial charge in [0.2, 0.25) is 0 Å². The molecule has 0 aromatic heterocycles. The highest BCUT2D eigenvalue weighted by molar-refractivity contribution is 9.10. The van der Waals surface area contributed by atoms with Gasteiger partial charge in [-0.15, -0.1) is 0 Å². The van der Waals surface area contributed by atoms with Gasteiger partial charge in [0.05, 0.1) is 18.6 Å². The Balaban J connectivity index is 2.38. The number of halogens is 1. The van der Waals surface area contributed by atoms with Gasteiger partial charge < -0.3 is 4.74 Å². The van der Waals surface area contributed by atoms with Crippen molar-refractivity contribution in [3.63, 3.8) is 0 Å². The molecule has 1 aliphatic rings. The number of nitrogens with zero attached hydrogens (tertiary/aromatic N) is 1. The van der Waals surface area contributed by atoms with Crippen LogP contribution in [0.25, 0.3) is 0 Å². The third kappa shape index (κ3) is 2.87. The predicted octanol–water partition coefficient (Wildman–Crippen LogP) is 3.54. The number of carbonyl (C=O) groups excluding carboxylic acids is 1. The summed E-state index contributed by atoms with van der Waals surface area (Å²) < 4.78 is 5.65. The van der Waals surface area contributed by atoms with Gasteiger partial charge >= 0.3 is 5.97 Å². The number of carbonyl (C=O) groups is 1. The number of rotatable bonds is 2. The smallest absolute Gasteiger partial charge is 0.309 e. The summed E-state index contributed by atoms with van der Waals surface area (Å²) in [5.74, 6) is -0.361. The molecular formula is C15H14BrNO2. The number of hydrogen-bond acceptors (Lipinski definition) is 3.